The van der Waals surface area contributed by atoms with Gasteiger partial charge in [0.05, 0.1) is 12.1 Å². The number of nitrogens with zero attached hydrogens (tertiary/aromatic N) is 2. The number of carboxylic acids is 1. The Morgan fingerprint density at radius 1 is 1.44 bits per heavy atom. The van der Waals surface area contributed by atoms with E-state index >= 15 is 0 Å². The Bertz CT molecular complexity index is 388. The summed E-state index contributed by atoms with van der Waals surface area (Å²) in [5.41, 5.74) is 0.881. The van der Waals surface area contributed by atoms with Gasteiger partial charge in [-0.05, 0) is 19.8 Å². The summed E-state index contributed by atoms with van der Waals surface area (Å²) in [7, 11) is 0. The highest BCUT2D eigenvalue weighted by Gasteiger charge is 2.16. The smallest absolute Gasteiger partial charge is 0.303 e. The second-order valence-electron chi connectivity index (χ2n) is 5.16. The summed E-state index contributed by atoms with van der Waals surface area (Å²) in [6.45, 7) is 9.66. The minimum Gasteiger partial charge on any atom is -0.481 e. The maximum atomic E-state index is 10.5. The Labute approximate surface area is 113 Å². The van der Waals surface area contributed by atoms with Crippen LogP contribution in [0.25, 0.3) is 0 Å². The second-order valence-corrected chi connectivity index (χ2v) is 5.99. The lowest BCUT2D eigenvalue weighted by Crippen LogP contribution is -2.34. The zero-order chi connectivity index (χ0) is 13.7. The molecule has 0 saturated carbocycles. The molecular formula is C13H22N2O2S. The number of carbonyl (C=O) groups is 1. The molecule has 0 aromatic carbocycles. The summed E-state index contributed by atoms with van der Waals surface area (Å²) >= 11 is 1.60. The highest BCUT2D eigenvalue weighted by atomic mass is 32.1. The molecule has 1 heterocycles. The lowest BCUT2D eigenvalue weighted by molar-refractivity contribution is -0.136. The molecule has 0 atom stereocenters. The van der Waals surface area contributed by atoms with Gasteiger partial charge in [-0.2, -0.15) is 0 Å². The molecule has 0 radical (unpaired) electrons. The number of rotatable bonds is 7. The van der Waals surface area contributed by atoms with Gasteiger partial charge >= 0.3 is 5.97 Å². The van der Waals surface area contributed by atoms with Crippen LogP contribution in [0.15, 0.2) is 5.38 Å². The third kappa shape index (κ3) is 4.64. The quantitative estimate of drug-likeness (QED) is 0.827. The summed E-state index contributed by atoms with van der Waals surface area (Å²) in [4.78, 5) is 17.3. The minimum atomic E-state index is -0.771. The molecule has 4 nitrogen and oxygen atoms in total. The van der Waals surface area contributed by atoms with E-state index in [1.807, 2.05) is 5.38 Å². The highest BCUT2D eigenvalue weighted by molar-refractivity contribution is 7.13. The molecule has 0 saturated heterocycles. The number of thiazole rings is 1. The number of carboxylic acid groups (broad SMARTS) is 1. The van der Waals surface area contributed by atoms with Crippen LogP contribution in [-0.4, -0.2) is 28.6 Å². The SMILES string of the molecule is CC(C)CN(c1nc(CCC(=O)O)cs1)C(C)C. The zero-order valence-electron chi connectivity index (χ0n) is 11.5. The van der Waals surface area contributed by atoms with Gasteiger partial charge in [0.1, 0.15) is 0 Å². The molecule has 1 aromatic heterocycles. The van der Waals surface area contributed by atoms with Crippen LogP contribution in [0.1, 0.15) is 39.8 Å². The van der Waals surface area contributed by atoms with Crippen molar-refractivity contribution in [3.63, 3.8) is 0 Å². The molecule has 102 valence electrons. The predicted molar refractivity (Wildman–Crippen MR) is 75.4 cm³/mol. The molecule has 0 aliphatic carbocycles. The number of anilines is 1. The Kier molecular flexibility index (Phi) is 5.59. The lowest BCUT2D eigenvalue weighted by Gasteiger charge is -2.27. The van der Waals surface area contributed by atoms with Crippen LogP contribution in [0.4, 0.5) is 5.13 Å². The van der Waals surface area contributed by atoms with Crippen molar-refractivity contribution in [1.29, 1.82) is 0 Å². The van der Waals surface area contributed by atoms with Crippen LogP contribution in [0, 0.1) is 5.92 Å². The maximum absolute atomic E-state index is 10.5. The van der Waals surface area contributed by atoms with Crippen LogP contribution >= 0.6 is 11.3 Å². The van der Waals surface area contributed by atoms with Crippen LogP contribution in [0.3, 0.4) is 0 Å². The van der Waals surface area contributed by atoms with E-state index in [-0.39, 0.29) is 6.42 Å². The second kappa shape index (κ2) is 6.73. The monoisotopic (exact) mass is 270 g/mol. The fourth-order valence-electron chi connectivity index (χ4n) is 1.68. The van der Waals surface area contributed by atoms with Crippen LogP contribution < -0.4 is 4.90 Å². The average molecular weight is 270 g/mol. The molecule has 0 amide bonds. The highest BCUT2D eigenvalue weighted by Crippen LogP contribution is 2.24. The topological polar surface area (TPSA) is 53.4 Å². The van der Waals surface area contributed by atoms with Crippen molar-refractivity contribution in [3.8, 4) is 0 Å². The first-order chi connectivity index (χ1) is 8.40. The van der Waals surface area contributed by atoms with E-state index in [1.54, 1.807) is 11.3 Å². The summed E-state index contributed by atoms with van der Waals surface area (Å²) in [6, 6.07) is 0.408. The van der Waals surface area contributed by atoms with E-state index in [1.165, 1.54) is 0 Å². The molecule has 0 spiro atoms. The Morgan fingerprint density at radius 3 is 2.61 bits per heavy atom. The fourth-order valence-corrected chi connectivity index (χ4v) is 2.68. The van der Waals surface area contributed by atoms with Gasteiger partial charge in [-0.1, -0.05) is 13.8 Å². The standard InChI is InChI=1S/C13H22N2O2S/c1-9(2)7-15(10(3)4)13-14-11(8-18-13)5-6-12(16)17/h8-10H,5-7H2,1-4H3,(H,16,17). The molecule has 5 heteroatoms. The summed E-state index contributed by atoms with van der Waals surface area (Å²) in [5, 5.41) is 11.6. The predicted octanol–water partition coefficient (Wildman–Crippen LogP) is 3.03. The summed E-state index contributed by atoms with van der Waals surface area (Å²) in [6.07, 6.45) is 0.661. The normalized spacial score (nSPS) is 11.2. The molecule has 0 bridgehead atoms. The van der Waals surface area contributed by atoms with Crippen molar-refractivity contribution in [3.05, 3.63) is 11.1 Å². The summed E-state index contributed by atoms with van der Waals surface area (Å²) in [5.74, 6) is -0.189. The van der Waals surface area contributed by atoms with Gasteiger partial charge in [0.15, 0.2) is 5.13 Å². The van der Waals surface area contributed by atoms with Crippen molar-refractivity contribution in [1.82, 2.24) is 4.98 Å². The first-order valence-corrected chi connectivity index (χ1v) is 7.21. The van der Waals surface area contributed by atoms with E-state index < -0.39 is 5.97 Å². The Balaban J connectivity index is 2.71. The van der Waals surface area contributed by atoms with Gasteiger partial charge in [-0.15, -0.1) is 11.3 Å². The first kappa shape index (κ1) is 15.0. The van der Waals surface area contributed by atoms with Crippen molar-refractivity contribution in [2.45, 2.75) is 46.6 Å². The molecule has 18 heavy (non-hydrogen) atoms. The van der Waals surface area contributed by atoms with Crippen molar-refractivity contribution < 1.29 is 9.90 Å². The third-order valence-corrected chi connectivity index (χ3v) is 3.49. The third-order valence-electron chi connectivity index (χ3n) is 2.57. The van der Waals surface area contributed by atoms with Crippen LogP contribution in [0.2, 0.25) is 0 Å². The number of aryl methyl sites for hydroxylation is 1. The summed E-state index contributed by atoms with van der Waals surface area (Å²) < 4.78 is 0. The number of hydrogen-bond donors (Lipinski definition) is 1. The molecule has 1 N–H and O–H groups in total. The largest absolute Gasteiger partial charge is 0.481 e. The van der Waals surface area contributed by atoms with E-state index in [4.69, 9.17) is 5.11 Å². The van der Waals surface area contributed by atoms with E-state index in [0.29, 0.717) is 18.4 Å². The molecule has 1 rings (SSSR count). The number of hydrogen-bond acceptors (Lipinski definition) is 4. The van der Waals surface area contributed by atoms with Gasteiger partial charge in [-0.3, -0.25) is 4.79 Å². The fraction of sp³-hybridized carbons (Fsp3) is 0.692. The van der Waals surface area contributed by atoms with Crippen LogP contribution in [-0.2, 0) is 11.2 Å². The van der Waals surface area contributed by atoms with Crippen LogP contribution in [0.5, 0.6) is 0 Å². The number of aromatic nitrogens is 1. The van der Waals surface area contributed by atoms with Crippen molar-refractivity contribution in [2.24, 2.45) is 5.92 Å². The molecule has 1 aromatic rings. The Hall–Kier alpha value is -1.10. The maximum Gasteiger partial charge on any atom is 0.303 e. The molecule has 0 unspecified atom stereocenters. The van der Waals surface area contributed by atoms with Gasteiger partial charge in [0.25, 0.3) is 0 Å². The number of aliphatic carboxylic acids is 1. The first-order valence-electron chi connectivity index (χ1n) is 6.33. The van der Waals surface area contributed by atoms with E-state index in [2.05, 4.69) is 37.6 Å². The lowest BCUT2D eigenvalue weighted by atomic mass is 10.2. The van der Waals surface area contributed by atoms with Crippen molar-refractivity contribution >= 4 is 22.4 Å². The van der Waals surface area contributed by atoms with Gasteiger partial charge < -0.3 is 10.0 Å². The zero-order valence-corrected chi connectivity index (χ0v) is 12.3. The minimum absolute atomic E-state index is 0.148. The van der Waals surface area contributed by atoms with Gasteiger partial charge in [-0.25, -0.2) is 4.98 Å². The van der Waals surface area contributed by atoms with Gasteiger partial charge in [0.2, 0.25) is 0 Å². The van der Waals surface area contributed by atoms with E-state index in [9.17, 15) is 4.79 Å². The Morgan fingerprint density at radius 2 is 2.11 bits per heavy atom. The van der Waals surface area contributed by atoms with E-state index in [0.717, 1.165) is 17.4 Å². The molecular weight excluding hydrogens is 248 g/mol. The molecule has 0 fully saturated rings. The molecule has 0 aliphatic rings. The van der Waals surface area contributed by atoms with Crippen molar-refractivity contribution in [2.75, 3.05) is 11.4 Å². The molecule has 0 aliphatic heterocycles. The van der Waals surface area contributed by atoms with Gasteiger partial charge in [0, 0.05) is 24.4 Å². The average Bonchev–Trinajstić information content (AvgIpc) is 2.70.